The Balaban J connectivity index is 2.09. The average Bonchev–Trinajstić information content (AvgIpc) is 2.83. The maximum absolute atomic E-state index is 11.7. The van der Waals surface area contributed by atoms with Crippen LogP contribution in [0.5, 0.6) is 0 Å². The Morgan fingerprint density at radius 1 is 1.44 bits per heavy atom. The molecule has 0 aromatic carbocycles. The summed E-state index contributed by atoms with van der Waals surface area (Å²) in [5.41, 5.74) is 5.47. The van der Waals surface area contributed by atoms with Crippen LogP contribution in [0.15, 0.2) is 0 Å². The first-order chi connectivity index (χ1) is 8.67. The van der Waals surface area contributed by atoms with Crippen LogP contribution in [0.2, 0.25) is 0 Å². The Bertz CT molecular complexity index is 283. The zero-order valence-electron chi connectivity index (χ0n) is 10.8. The molecule has 1 aliphatic rings. The molecule has 6 heteroatoms. The Morgan fingerprint density at radius 3 is 2.83 bits per heavy atom. The fraction of sp³-hybridized carbons (Fsp3) is 0.833. The first kappa shape index (κ1) is 14.9. The summed E-state index contributed by atoms with van der Waals surface area (Å²) in [6, 6.07) is 0. The van der Waals surface area contributed by atoms with Gasteiger partial charge in [0.1, 0.15) is 6.10 Å². The van der Waals surface area contributed by atoms with Gasteiger partial charge in [-0.15, -0.1) is 0 Å². The summed E-state index contributed by atoms with van der Waals surface area (Å²) in [5.74, 6) is -0.345. The van der Waals surface area contributed by atoms with Crippen molar-refractivity contribution in [1.29, 1.82) is 0 Å². The lowest BCUT2D eigenvalue weighted by Gasteiger charge is -2.12. The predicted molar refractivity (Wildman–Crippen MR) is 65.8 cm³/mol. The van der Waals surface area contributed by atoms with E-state index in [-0.39, 0.29) is 24.1 Å². The number of esters is 1. The molecule has 0 aromatic heterocycles. The predicted octanol–water partition coefficient (Wildman–Crippen LogP) is -0.0478. The minimum Gasteiger partial charge on any atom is -0.466 e. The first-order valence-corrected chi connectivity index (χ1v) is 6.46. The molecule has 18 heavy (non-hydrogen) atoms. The second-order valence-corrected chi connectivity index (χ2v) is 4.26. The highest BCUT2D eigenvalue weighted by Crippen LogP contribution is 2.18. The van der Waals surface area contributed by atoms with Gasteiger partial charge < -0.3 is 20.5 Å². The van der Waals surface area contributed by atoms with Crippen LogP contribution < -0.4 is 11.1 Å². The van der Waals surface area contributed by atoms with Crippen molar-refractivity contribution in [2.45, 2.75) is 44.8 Å². The van der Waals surface area contributed by atoms with Crippen LogP contribution in [0.3, 0.4) is 0 Å². The van der Waals surface area contributed by atoms with E-state index in [2.05, 4.69) is 5.32 Å². The third-order valence-electron chi connectivity index (χ3n) is 2.83. The summed E-state index contributed by atoms with van der Waals surface area (Å²) >= 11 is 0. The number of hydrogen-bond donors (Lipinski definition) is 2. The summed E-state index contributed by atoms with van der Waals surface area (Å²) in [6.07, 6.45) is 2.06. The van der Waals surface area contributed by atoms with Gasteiger partial charge in [0.2, 0.25) is 5.91 Å². The van der Waals surface area contributed by atoms with E-state index in [0.29, 0.717) is 39.0 Å². The van der Waals surface area contributed by atoms with Gasteiger partial charge in [-0.3, -0.25) is 9.59 Å². The lowest BCUT2D eigenvalue weighted by atomic mass is 10.2. The van der Waals surface area contributed by atoms with E-state index in [9.17, 15) is 9.59 Å². The van der Waals surface area contributed by atoms with Crippen molar-refractivity contribution >= 4 is 11.9 Å². The Kier molecular flexibility index (Phi) is 6.67. The van der Waals surface area contributed by atoms with E-state index in [4.69, 9.17) is 15.2 Å². The van der Waals surface area contributed by atoms with Crippen molar-refractivity contribution in [3.8, 4) is 0 Å². The summed E-state index contributed by atoms with van der Waals surface area (Å²) in [6.45, 7) is 3.07. The van der Waals surface area contributed by atoms with E-state index < -0.39 is 0 Å². The zero-order valence-corrected chi connectivity index (χ0v) is 10.8. The fourth-order valence-corrected chi connectivity index (χ4v) is 1.86. The summed E-state index contributed by atoms with van der Waals surface area (Å²) in [4.78, 5) is 22.7. The van der Waals surface area contributed by atoms with Crippen LogP contribution in [0, 0.1) is 0 Å². The van der Waals surface area contributed by atoms with Gasteiger partial charge in [0.25, 0.3) is 0 Å². The molecule has 0 bridgehead atoms. The molecular weight excluding hydrogens is 236 g/mol. The Morgan fingerprint density at radius 2 is 2.22 bits per heavy atom. The molecule has 0 saturated carbocycles. The van der Waals surface area contributed by atoms with Crippen LogP contribution in [-0.4, -0.2) is 43.8 Å². The monoisotopic (exact) mass is 258 g/mol. The molecule has 0 aliphatic carbocycles. The molecule has 0 radical (unpaired) electrons. The maximum atomic E-state index is 11.7. The quantitative estimate of drug-likeness (QED) is 0.493. The normalized spacial score (nSPS) is 22.8. The van der Waals surface area contributed by atoms with Crippen molar-refractivity contribution < 1.29 is 19.1 Å². The van der Waals surface area contributed by atoms with E-state index in [1.807, 2.05) is 0 Å². The molecule has 0 aromatic rings. The van der Waals surface area contributed by atoms with Gasteiger partial charge in [0.15, 0.2) is 0 Å². The van der Waals surface area contributed by atoms with E-state index in [0.717, 1.165) is 6.42 Å². The Labute approximate surface area is 107 Å². The van der Waals surface area contributed by atoms with Crippen molar-refractivity contribution in [3.05, 3.63) is 0 Å². The summed E-state index contributed by atoms with van der Waals surface area (Å²) < 4.78 is 10.2. The van der Waals surface area contributed by atoms with Crippen LogP contribution in [-0.2, 0) is 19.1 Å². The molecule has 2 atom stereocenters. The minimum absolute atomic E-state index is 0.000261. The smallest absolute Gasteiger partial charge is 0.305 e. The van der Waals surface area contributed by atoms with E-state index in [1.54, 1.807) is 6.92 Å². The lowest BCUT2D eigenvalue weighted by molar-refractivity contribution is -0.143. The number of ether oxygens (including phenoxy) is 2. The van der Waals surface area contributed by atoms with E-state index >= 15 is 0 Å². The van der Waals surface area contributed by atoms with Gasteiger partial charge in [-0.2, -0.15) is 0 Å². The van der Waals surface area contributed by atoms with Crippen molar-refractivity contribution in [3.63, 3.8) is 0 Å². The molecule has 1 aliphatic heterocycles. The van der Waals surface area contributed by atoms with Gasteiger partial charge in [0, 0.05) is 19.5 Å². The molecule has 2 unspecified atom stereocenters. The summed E-state index contributed by atoms with van der Waals surface area (Å²) in [5, 5.41) is 2.75. The van der Waals surface area contributed by atoms with Gasteiger partial charge in [0.05, 0.1) is 12.7 Å². The van der Waals surface area contributed by atoms with Gasteiger partial charge in [-0.25, -0.2) is 0 Å². The molecule has 1 rings (SSSR count). The Hall–Kier alpha value is -1.14. The first-order valence-electron chi connectivity index (χ1n) is 6.46. The van der Waals surface area contributed by atoms with Crippen LogP contribution in [0.25, 0.3) is 0 Å². The molecule has 0 spiro atoms. The highest BCUT2D eigenvalue weighted by molar-refractivity contribution is 5.81. The van der Waals surface area contributed by atoms with Crippen LogP contribution >= 0.6 is 0 Å². The second kappa shape index (κ2) is 8.05. The molecule has 104 valence electrons. The lowest BCUT2D eigenvalue weighted by Crippen LogP contribution is -2.36. The highest BCUT2D eigenvalue weighted by Gasteiger charge is 2.29. The van der Waals surface area contributed by atoms with Crippen LogP contribution in [0.1, 0.15) is 32.6 Å². The van der Waals surface area contributed by atoms with E-state index in [1.165, 1.54) is 0 Å². The van der Waals surface area contributed by atoms with Crippen LogP contribution in [0.4, 0.5) is 0 Å². The fourth-order valence-electron chi connectivity index (χ4n) is 1.86. The molecule has 6 nitrogen and oxygen atoms in total. The number of carbonyl (C=O) groups is 2. The third-order valence-corrected chi connectivity index (χ3v) is 2.83. The second-order valence-electron chi connectivity index (χ2n) is 4.26. The standard InChI is InChI=1S/C12H22N2O4/c1-2-17-11(15)4-3-7-14-12(16)10-6-5-9(8-13)18-10/h9-10H,2-8,13H2,1H3,(H,14,16). The molecule has 3 N–H and O–H groups in total. The number of carbonyl (C=O) groups excluding carboxylic acids is 2. The van der Waals surface area contributed by atoms with Crippen molar-refractivity contribution in [1.82, 2.24) is 5.32 Å². The topological polar surface area (TPSA) is 90.7 Å². The minimum atomic E-state index is -0.388. The summed E-state index contributed by atoms with van der Waals surface area (Å²) in [7, 11) is 0. The average molecular weight is 258 g/mol. The number of hydrogen-bond acceptors (Lipinski definition) is 5. The number of rotatable bonds is 7. The van der Waals surface area contributed by atoms with Crippen molar-refractivity contribution in [2.75, 3.05) is 19.7 Å². The van der Waals surface area contributed by atoms with Gasteiger partial charge >= 0.3 is 5.97 Å². The molecular formula is C12H22N2O4. The molecule has 1 amide bonds. The largest absolute Gasteiger partial charge is 0.466 e. The SMILES string of the molecule is CCOC(=O)CCCNC(=O)C1CCC(CN)O1. The van der Waals surface area contributed by atoms with Gasteiger partial charge in [-0.1, -0.05) is 0 Å². The molecule has 1 heterocycles. The number of amides is 1. The third kappa shape index (κ3) is 5.01. The number of nitrogens with two attached hydrogens (primary N) is 1. The highest BCUT2D eigenvalue weighted by atomic mass is 16.5. The van der Waals surface area contributed by atoms with Crippen molar-refractivity contribution in [2.24, 2.45) is 5.73 Å². The number of nitrogens with one attached hydrogen (secondary N) is 1. The molecule has 1 saturated heterocycles. The molecule has 1 fully saturated rings. The van der Waals surface area contributed by atoms with Gasteiger partial charge in [-0.05, 0) is 26.2 Å². The zero-order chi connectivity index (χ0) is 13.4. The maximum Gasteiger partial charge on any atom is 0.305 e.